The number of halogens is 1. The van der Waals surface area contributed by atoms with Gasteiger partial charge in [-0.05, 0) is 35.4 Å². The molecule has 0 radical (unpaired) electrons. The van der Waals surface area contributed by atoms with E-state index in [0.717, 1.165) is 5.56 Å². The van der Waals surface area contributed by atoms with Crippen LogP contribution < -0.4 is 9.04 Å². The molecule has 1 amide bonds. The molecule has 6 nitrogen and oxygen atoms in total. The summed E-state index contributed by atoms with van der Waals surface area (Å²) in [5, 5.41) is 0.620. The molecule has 3 aromatic rings. The van der Waals surface area contributed by atoms with E-state index < -0.39 is 16.1 Å². The van der Waals surface area contributed by atoms with E-state index in [-0.39, 0.29) is 18.2 Å². The van der Waals surface area contributed by atoms with Crippen molar-refractivity contribution < 1.29 is 17.9 Å². The molecule has 0 N–H and O–H groups in total. The van der Waals surface area contributed by atoms with Crippen molar-refractivity contribution in [2.45, 2.75) is 18.4 Å². The lowest BCUT2D eigenvalue weighted by molar-refractivity contribution is -0.137. The van der Waals surface area contributed by atoms with Crippen molar-refractivity contribution in [3.63, 3.8) is 0 Å². The molecule has 0 aromatic heterocycles. The van der Waals surface area contributed by atoms with Crippen molar-refractivity contribution >= 4 is 33.2 Å². The van der Waals surface area contributed by atoms with Gasteiger partial charge in [0.05, 0.1) is 18.0 Å². The SMILES string of the molecule is CN(Cc1ccc(Cl)cc1)C(=O)[C@@H]1CN(S(=O)(=O)Cc2ccccc2)c2ccccc2O1. The number of ether oxygens (including phenoxy) is 1. The fourth-order valence-corrected chi connectivity index (χ4v) is 5.35. The van der Waals surface area contributed by atoms with E-state index in [1.165, 1.54) is 9.21 Å². The van der Waals surface area contributed by atoms with Crippen LogP contribution in [0.1, 0.15) is 11.1 Å². The lowest BCUT2D eigenvalue weighted by atomic mass is 10.2. The van der Waals surface area contributed by atoms with Gasteiger partial charge >= 0.3 is 0 Å². The number of likely N-dealkylation sites (N-methyl/N-ethyl adjacent to an activating group) is 1. The second kappa shape index (κ2) is 9.22. The zero-order valence-electron chi connectivity index (χ0n) is 17.5. The van der Waals surface area contributed by atoms with Crippen LogP contribution in [0, 0.1) is 0 Å². The number of rotatable bonds is 6. The number of carbonyl (C=O) groups excluding carboxylic acids is 1. The molecule has 0 fully saturated rings. The molecule has 0 unspecified atom stereocenters. The second-order valence-corrected chi connectivity index (χ2v) is 10.00. The van der Waals surface area contributed by atoms with Crippen LogP contribution in [0.4, 0.5) is 5.69 Å². The summed E-state index contributed by atoms with van der Waals surface area (Å²) in [5.41, 5.74) is 2.03. The third-order valence-corrected chi connectivity index (χ3v) is 7.21. The number of benzene rings is 3. The lowest BCUT2D eigenvalue weighted by Crippen LogP contribution is -2.51. The van der Waals surface area contributed by atoms with E-state index in [1.54, 1.807) is 67.7 Å². The summed E-state index contributed by atoms with van der Waals surface area (Å²) in [7, 11) is -2.07. The molecule has 8 heteroatoms. The molecule has 1 aliphatic heterocycles. The second-order valence-electron chi connectivity index (χ2n) is 7.67. The van der Waals surface area contributed by atoms with Gasteiger partial charge in [-0.15, -0.1) is 0 Å². The van der Waals surface area contributed by atoms with Gasteiger partial charge in [0.1, 0.15) is 5.75 Å². The summed E-state index contributed by atoms with van der Waals surface area (Å²) in [5.74, 6) is -0.0908. The maximum Gasteiger partial charge on any atom is 0.265 e. The normalized spacial score (nSPS) is 15.6. The van der Waals surface area contributed by atoms with Crippen molar-refractivity contribution in [1.29, 1.82) is 0 Å². The third-order valence-electron chi connectivity index (χ3n) is 5.25. The number of sulfonamides is 1. The van der Waals surface area contributed by atoms with Gasteiger partial charge in [0.2, 0.25) is 10.0 Å². The van der Waals surface area contributed by atoms with E-state index in [1.807, 2.05) is 18.2 Å². The Morgan fingerprint density at radius 2 is 1.66 bits per heavy atom. The summed E-state index contributed by atoms with van der Waals surface area (Å²) < 4.78 is 33.8. The number of para-hydroxylation sites is 2. The zero-order chi connectivity index (χ0) is 22.7. The molecular weight excluding hydrogens is 448 g/mol. The van der Waals surface area contributed by atoms with Crippen LogP contribution in [0.15, 0.2) is 78.9 Å². The van der Waals surface area contributed by atoms with Crippen LogP contribution in [0.25, 0.3) is 0 Å². The minimum absolute atomic E-state index is 0.0873. The van der Waals surface area contributed by atoms with Crippen LogP contribution in [0.5, 0.6) is 5.75 Å². The molecule has 3 aromatic carbocycles. The zero-order valence-corrected chi connectivity index (χ0v) is 19.1. The Morgan fingerprint density at radius 3 is 2.38 bits per heavy atom. The topological polar surface area (TPSA) is 66.9 Å². The maximum absolute atomic E-state index is 13.3. The predicted molar refractivity (Wildman–Crippen MR) is 125 cm³/mol. The number of nitrogens with zero attached hydrogens (tertiary/aromatic N) is 2. The molecule has 1 aliphatic rings. The summed E-state index contributed by atoms with van der Waals surface area (Å²) >= 11 is 5.93. The Labute approximate surface area is 193 Å². The smallest absolute Gasteiger partial charge is 0.265 e. The Bertz CT molecular complexity index is 1200. The number of anilines is 1. The first-order chi connectivity index (χ1) is 15.3. The molecule has 0 aliphatic carbocycles. The number of carbonyl (C=O) groups is 1. The average molecular weight is 471 g/mol. The highest BCUT2D eigenvalue weighted by Gasteiger charge is 2.37. The molecule has 1 atom stereocenters. The molecule has 0 bridgehead atoms. The van der Waals surface area contributed by atoms with Crippen LogP contribution in [0.3, 0.4) is 0 Å². The van der Waals surface area contributed by atoms with Gasteiger partial charge in [-0.3, -0.25) is 9.10 Å². The number of hydrogen-bond acceptors (Lipinski definition) is 4. The van der Waals surface area contributed by atoms with Crippen molar-refractivity contribution in [3.05, 3.63) is 95.0 Å². The summed E-state index contributed by atoms with van der Waals surface area (Å²) in [6.07, 6.45) is -0.951. The largest absolute Gasteiger partial charge is 0.476 e. The van der Waals surface area contributed by atoms with E-state index >= 15 is 0 Å². The van der Waals surface area contributed by atoms with Crippen LogP contribution in [-0.2, 0) is 27.1 Å². The minimum atomic E-state index is -3.74. The van der Waals surface area contributed by atoms with Gasteiger partial charge in [0.25, 0.3) is 5.91 Å². The van der Waals surface area contributed by atoms with Gasteiger partial charge in [0.15, 0.2) is 6.10 Å². The fourth-order valence-electron chi connectivity index (χ4n) is 3.64. The molecular formula is C24H23ClN2O4S. The van der Waals surface area contributed by atoms with Gasteiger partial charge in [0, 0.05) is 18.6 Å². The maximum atomic E-state index is 13.3. The molecule has 1 heterocycles. The highest BCUT2D eigenvalue weighted by Crippen LogP contribution is 2.36. The Balaban J connectivity index is 1.57. The van der Waals surface area contributed by atoms with Crippen molar-refractivity contribution in [2.24, 2.45) is 0 Å². The Kier molecular flexibility index (Phi) is 6.39. The summed E-state index contributed by atoms with van der Waals surface area (Å²) in [4.78, 5) is 14.7. The van der Waals surface area contributed by atoms with Crippen LogP contribution in [-0.4, -0.2) is 38.9 Å². The predicted octanol–water partition coefficient (Wildman–Crippen LogP) is 4.10. The Hall–Kier alpha value is -3.03. The van der Waals surface area contributed by atoms with Crippen molar-refractivity contribution in [1.82, 2.24) is 4.90 Å². The van der Waals surface area contributed by atoms with Crippen molar-refractivity contribution in [2.75, 3.05) is 17.9 Å². The lowest BCUT2D eigenvalue weighted by Gasteiger charge is -2.36. The number of amides is 1. The monoisotopic (exact) mass is 470 g/mol. The van der Waals surface area contributed by atoms with Gasteiger partial charge in [-0.2, -0.15) is 0 Å². The summed E-state index contributed by atoms with van der Waals surface area (Å²) in [6.45, 7) is 0.268. The number of fused-ring (bicyclic) bond motifs is 1. The molecule has 166 valence electrons. The highest BCUT2D eigenvalue weighted by atomic mass is 35.5. The fraction of sp³-hybridized carbons (Fsp3) is 0.208. The number of hydrogen-bond donors (Lipinski definition) is 0. The van der Waals surface area contributed by atoms with E-state index in [9.17, 15) is 13.2 Å². The first-order valence-electron chi connectivity index (χ1n) is 10.1. The van der Waals surface area contributed by atoms with Crippen LogP contribution >= 0.6 is 11.6 Å². The van der Waals surface area contributed by atoms with E-state index in [4.69, 9.17) is 16.3 Å². The Morgan fingerprint density at radius 1 is 1.00 bits per heavy atom. The first-order valence-corrected chi connectivity index (χ1v) is 12.1. The summed E-state index contributed by atoms with van der Waals surface area (Å²) in [6, 6.07) is 23.1. The molecule has 0 saturated heterocycles. The standard InChI is InChI=1S/C24H23ClN2O4S/c1-26(15-18-11-13-20(25)14-12-18)24(28)23-16-27(21-9-5-6-10-22(21)31-23)32(29,30)17-19-7-3-2-4-8-19/h2-14,23H,15-17H2,1H3/t23-/m0/s1. The van der Waals surface area contributed by atoms with Gasteiger partial charge < -0.3 is 9.64 Å². The minimum Gasteiger partial charge on any atom is -0.476 e. The van der Waals surface area contributed by atoms with Gasteiger partial charge in [-0.25, -0.2) is 8.42 Å². The van der Waals surface area contributed by atoms with Gasteiger partial charge in [-0.1, -0.05) is 66.2 Å². The molecule has 4 rings (SSSR count). The van der Waals surface area contributed by atoms with Crippen molar-refractivity contribution in [3.8, 4) is 5.75 Å². The third kappa shape index (κ3) is 4.89. The van der Waals surface area contributed by atoms with Crippen LogP contribution in [0.2, 0.25) is 5.02 Å². The van der Waals surface area contributed by atoms with E-state index in [0.29, 0.717) is 28.6 Å². The molecule has 0 saturated carbocycles. The molecule has 0 spiro atoms. The first kappa shape index (κ1) is 22.2. The highest BCUT2D eigenvalue weighted by molar-refractivity contribution is 7.92. The quantitative estimate of drug-likeness (QED) is 0.544. The van der Waals surface area contributed by atoms with E-state index in [2.05, 4.69) is 0 Å². The average Bonchev–Trinajstić information content (AvgIpc) is 2.79. The molecule has 32 heavy (non-hydrogen) atoms.